The predicted molar refractivity (Wildman–Crippen MR) is 61.7 cm³/mol. The van der Waals surface area contributed by atoms with Crippen LogP contribution in [0.4, 0.5) is 0 Å². The molecule has 0 N–H and O–H groups in total. The monoisotopic (exact) mass is 226 g/mol. The molecule has 0 bridgehead atoms. The minimum atomic E-state index is -0.0309. The van der Waals surface area contributed by atoms with Gasteiger partial charge in [0, 0.05) is 12.5 Å². The summed E-state index contributed by atoms with van der Waals surface area (Å²) >= 11 is 0. The standard InChI is InChI=1S/C13H22O3/c1-3-14-10-13(2)6-4-11(5-7-13)12-15-8-9-16-12/h8-9,11-12H,3-7,10H2,1-2H3. The molecule has 0 spiro atoms. The number of hydrogen-bond donors (Lipinski definition) is 0. The van der Waals surface area contributed by atoms with Crippen molar-refractivity contribution in [2.24, 2.45) is 11.3 Å². The lowest BCUT2D eigenvalue weighted by molar-refractivity contribution is -0.0911. The SMILES string of the molecule is CCOCC1(C)CCC(C2OC=CO2)CC1. The third-order valence-electron chi connectivity index (χ3n) is 3.76. The highest BCUT2D eigenvalue weighted by Crippen LogP contribution is 2.41. The van der Waals surface area contributed by atoms with Gasteiger partial charge in [0.25, 0.3) is 0 Å². The van der Waals surface area contributed by atoms with E-state index in [1.165, 1.54) is 25.7 Å². The maximum Gasteiger partial charge on any atom is 0.242 e. The van der Waals surface area contributed by atoms with E-state index in [2.05, 4.69) is 13.8 Å². The molecule has 0 unspecified atom stereocenters. The van der Waals surface area contributed by atoms with Crippen LogP contribution >= 0.6 is 0 Å². The molecule has 3 heteroatoms. The Balaban J connectivity index is 1.77. The van der Waals surface area contributed by atoms with Gasteiger partial charge in [-0.05, 0) is 38.0 Å². The van der Waals surface area contributed by atoms with Gasteiger partial charge in [-0.25, -0.2) is 0 Å². The minimum Gasteiger partial charge on any atom is -0.459 e. The van der Waals surface area contributed by atoms with Crippen molar-refractivity contribution >= 4 is 0 Å². The van der Waals surface area contributed by atoms with Gasteiger partial charge < -0.3 is 14.2 Å². The first-order valence-corrected chi connectivity index (χ1v) is 6.27. The fraction of sp³-hybridized carbons (Fsp3) is 0.846. The van der Waals surface area contributed by atoms with Crippen LogP contribution in [-0.4, -0.2) is 19.5 Å². The van der Waals surface area contributed by atoms with E-state index in [0.29, 0.717) is 11.3 Å². The second kappa shape index (κ2) is 5.09. The number of ether oxygens (including phenoxy) is 3. The van der Waals surface area contributed by atoms with Crippen molar-refractivity contribution in [2.75, 3.05) is 13.2 Å². The van der Waals surface area contributed by atoms with Crippen molar-refractivity contribution < 1.29 is 14.2 Å². The average Bonchev–Trinajstić information content (AvgIpc) is 2.81. The molecule has 0 atom stereocenters. The van der Waals surface area contributed by atoms with Crippen LogP contribution in [0.15, 0.2) is 12.5 Å². The zero-order chi connectivity index (χ0) is 11.4. The molecule has 1 saturated carbocycles. The van der Waals surface area contributed by atoms with Crippen LogP contribution in [0.25, 0.3) is 0 Å². The second-order valence-electron chi connectivity index (χ2n) is 5.20. The Bertz CT molecular complexity index is 234. The summed E-state index contributed by atoms with van der Waals surface area (Å²) in [6.45, 7) is 6.09. The minimum absolute atomic E-state index is 0.0309. The van der Waals surface area contributed by atoms with E-state index >= 15 is 0 Å². The van der Waals surface area contributed by atoms with Crippen molar-refractivity contribution in [3.05, 3.63) is 12.5 Å². The van der Waals surface area contributed by atoms with Gasteiger partial charge in [0.2, 0.25) is 6.29 Å². The summed E-state index contributed by atoms with van der Waals surface area (Å²) in [6, 6.07) is 0. The zero-order valence-electron chi connectivity index (χ0n) is 10.3. The first-order valence-electron chi connectivity index (χ1n) is 6.27. The van der Waals surface area contributed by atoms with Gasteiger partial charge in [0.1, 0.15) is 12.5 Å². The van der Waals surface area contributed by atoms with Gasteiger partial charge >= 0.3 is 0 Å². The lowest BCUT2D eigenvalue weighted by Crippen LogP contribution is -2.33. The van der Waals surface area contributed by atoms with Crippen molar-refractivity contribution in [3.63, 3.8) is 0 Å². The molecule has 1 aliphatic heterocycles. The lowest BCUT2D eigenvalue weighted by Gasteiger charge is -2.38. The summed E-state index contributed by atoms with van der Waals surface area (Å²) in [5, 5.41) is 0. The summed E-state index contributed by atoms with van der Waals surface area (Å²) in [7, 11) is 0. The number of hydrogen-bond acceptors (Lipinski definition) is 3. The van der Waals surface area contributed by atoms with E-state index in [0.717, 1.165) is 13.2 Å². The summed E-state index contributed by atoms with van der Waals surface area (Å²) in [5.74, 6) is 0.546. The Morgan fingerprint density at radius 2 is 1.88 bits per heavy atom. The third-order valence-corrected chi connectivity index (χ3v) is 3.76. The molecule has 16 heavy (non-hydrogen) atoms. The predicted octanol–water partition coefficient (Wildman–Crippen LogP) is 3.06. The van der Waals surface area contributed by atoms with E-state index in [9.17, 15) is 0 Å². The van der Waals surface area contributed by atoms with Gasteiger partial charge in [-0.1, -0.05) is 6.92 Å². The quantitative estimate of drug-likeness (QED) is 0.737. The van der Waals surface area contributed by atoms with E-state index in [4.69, 9.17) is 14.2 Å². The Hall–Kier alpha value is -0.700. The molecular formula is C13H22O3. The normalized spacial score (nSPS) is 34.8. The Morgan fingerprint density at radius 1 is 1.25 bits per heavy atom. The van der Waals surface area contributed by atoms with Crippen LogP contribution in [0.2, 0.25) is 0 Å². The highest BCUT2D eigenvalue weighted by molar-refractivity contribution is 4.85. The first-order chi connectivity index (χ1) is 7.73. The molecule has 0 aromatic carbocycles. The van der Waals surface area contributed by atoms with E-state index in [1.54, 1.807) is 12.5 Å². The Morgan fingerprint density at radius 3 is 2.44 bits per heavy atom. The van der Waals surface area contributed by atoms with Crippen molar-refractivity contribution in [1.29, 1.82) is 0 Å². The zero-order valence-corrected chi connectivity index (χ0v) is 10.3. The Labute approximate surface area is 97.8 Å². The maximum atomic E-state index is 5.56. The van der Waals surface area contributed by atoms with E-state index < -0.39 is 0 Å². The van der Waals surface area contributed by atoms with Crippen LogP contribution < -0.4 is 0 Å². The molecule has 1 fully saturated rings. The van der Waals surface area contributed by atoms with E-state index in [1.807, 2.05) is 0 Å². The van der Waals surface area contributed by atoms with Crippen LogP contribution in [0.1, 0.15) is 39.5 Å². The van der Waals surface area contributed by atoms with Gasteiger partial charge in [-0.2, -0.15) is 0 Å². The number of rotatable bonds is 4. The fourth-order valence-electron chi connectivity index (χ4n) is 2.58. The van der Waals surface area contributed by atoms with Gasteiger partial charge in [-0.3, -0.25) is 0 Å². The fourth-order valence-corrected chi connectivity index (χ4v) is 2.58. The molecule has 0 aromatic heterocycles. The summed E-state index contributed by atoms with van der Waals surface area (Å²) in [4.78, 5) is 0. The molecule has 0 radical (unpaired) electrons. The van der Waals surface area contributed by atoms with Gasteiger partial charge in [0.05, 0.1) is 6.61 Å². The van der Waals surface area contributed by atoms with Gasteiger partial charge in [-0.15, -0.1) is 0 Å². The largest absolute Gasteiger partial charge is 0.459 e. The molecule has 0 aromatic rings. The van der Waals surface area contributed by atoms with Crippen LogP contribution in [0.3, 0.4) is 0 Å². The summed E-state index contributed by atoms with van der Waals surface area (Å²) < 4.78 is 16.4. The molecule has 2 rings (SSSR count). The molecule has 0 saturated heterocycles. The molecule has 0 amide bonds. The van der Waals surface area contributed by atoms with Crippen molar-refractivity contribution in [2.45, 2.75) is 45.8 Å². The molecular weight excluding hydrogens is 204 g/mol. The first kappa shape index (κ1) is 11.8. The van der Waals surface area contributed by atoms with Crippen molar-refractivity contribution in [1.82, 2.24) is 0 Å². The highest BCUT2D eigenvalue weighted by Gasteiger charge is 2.36. The topological polar surface area (TPSA) is 27.7 Å². The maximum absolute atomic E-state index is 5.56. The smallest absolute Gasteiger partial charge is 0.242 e. The summed E-state index contributed by atoms with van der Waals surface area (Å²) in [6.07, 6.45) is 8.04. The Kier molecular flexibility index (Phi) is 3.74. The molecule has 1 heterocycles. The molecule has 1 aliphatic carbocycles. The highest BCUT2D eigenvalue weighted by atomic mass is 16.7. The average molecular weight is 226 g/mol. The van der Waals surface area contributed by atoms with Crippen molar-refractivity contribution in [3.8, 4) is 0 Å². The molecule has 2 aliphatic rings. The third kappa shape index (κ3) is 2.70. The van der Waals surface area contributed by atoms with E-state index in [-0.39, 0.29) is 6.29 Å². The van der Waals surface area contributed by atoms with Crippen LogP contribution in [0, 0.1) is 11.3 Å². The second-order valence-corrected chi connectivity index (χ2v) is 5.20. The molecule has 3 nitrogen and oxygen atoms in total. The van der Waals surface area contributed by atoms with Gasteiger partial charge in [0.15, 0.2) is 0 Å². The van der Waals surface area contributed by atoms with Crippen LogP contribution in [0.5, 0.6) is 0 Å². The lowest BCUT2D eigenvalue weighted by atomic mass is 9.72. The summed E-state index contributed by atoms with van der Waals surface area (Å²) in [5.41, 5.74) is 0.360. The van der Waals surface area contributed by atoms with Crippen LogP contribution in [-0.2, 0) is 14.2 Å². The molecule has 92 valence electrons.